The molecule has 0 aliphatic carbocycles. The van der Waals surface area contributed by atoms with Gasteiger partial charge in [-0.05, 0) is 25.5 Å². The normalized spacial score (nSPS) is 22.4. The number of carboxylic acid groups (broad SMARTS) is 1. The summed E-state index contributed by atoms with van der Waals surface area (Å²) in [5.41, 5.74) is 2.05. The highest BCUT2D eigenvalue weighted by Crippen LogP contribution is 2.29. The summed E-state index contributed by atoms with van der Waals surface area (Å²) in [6, 6.07) is 7.06. The van der Waals surface area contributed by atoms with Crippen LogP contribution in [0.2, 0.25) is 0 Å². The predicted molar refractivity (Wildman–Crippen MR) is 80.4 cm³/mol. The van der Waals surface area contributed by atoms with Gasteiger partial charge in [0.25, 0.3) is 0 Å². The lowest BCUT2D eigenvalue weighted by Gasteiger charge is -2.23. The van der Waals surface area contributed by atoms with Crippen LogP contribution in [0.3, 0.4) is 0 Å². The predicted octanol–water partition coefficient (Wildman–Crippen LogP) is 2.38. The number of aliphatic carboxylic acids is 1. The van der Waals surface area contributed by atoms with Crippen molar-refractivity contribution in [3.63, 3.8) is 0 Å². The molecule has 1 amide bonds. The first-order chi connectivity index (χ1) is 9.49. The van der Waals surface area contributed by atoms with Crippen LogP contribution in [0, 0.1) is 6.92 Å². The molecule has 0 bridgehead atoms. The van der Waals surface area contributed by atoms with Gasteiger partial charge in [0.2, 0.25) is 5.91 Å². The second-order valence-corrected chi connectivity index (χ2v) is 6.13. The smallest absolute Gasteiger partial charge is 0.327 e. The minimum Gasteiger partial charge on any atom is -0.480 e. The van der Waals surface area contributed by atoms with Crippen LogP contribution in [-0.4, -0.2) is 39.1 Å². The van der Waals surface area contributed by atoms with Crippen molar-refractivity contribution in [1.29, 1.82) is 0 Å². The Bertz CT molecular complexity index is 556. The van der Waals surface area contributed by atoms with Crippen LogP contribution in [0.15, 0.2) is 30.3 Å². The molecule has 1 aromatic carbocycles. The fraction of sp³-hybridized carbons (Fsp3) is 0.333. The van der Waals surface area contributed by atoms with E-state index in [-0.39, 0.29) is 11.3 Å². The van der Waals surface area contributed by atoms with Gasteiger partial charge in [-0.1, -0.05) is 29.8 Å². The van der Waals surface area contributed by atoms with Gasteiger partial charge in [0.1, 0.15) is 6.04 Å². The van der Waals surface area contributed by atoms with E-state index in [2.05, 4.69) is 0 Å². The molecule has 1 fully saturated rings. The second kappa shape index (κ2) is 6.13. The van der Waals surface area contributed by atoms with E-state index in [1.54, 1.807) is 6.08 Å². The minimum atomic E-state index is -0.945. The first-order valence-electron chi connectivity index (χ1n) is 6.40. The van der Waals surface area contributed by atoms with Crippen LogP contribution in [0.5, 0.6) is 0 Å². The third-order valence-corrected chi connectivity index (χ3v) is 4.44. The summed E-state index contributed by atoms with van der Waals surface area (Å²) < 4.78 is 0. The van der Waals surface area contributed by atoms with E-state index in [1.807, 2.05) is 38.1 Å². The van der Waals surface area contributed by atoms with Gasteiger partial charge in [-0.25, -0.2) is 4.79 Å². The van der Waals surface area contributed by atoms with Gasteiger partial charge in [-0.3, -0.25) is 4.79 Å². The average Bonchev–Trinajstić information content (AvgIpc) is 2.78. The Labute approximate surface area is 122 Å². The summed E-state index contributed by atoms with van der Waals surface area (Å²) in [6.45, 7) is 3.84. The summed E-state index contributed by atoms with van der Waals surface area (Å²) >= 11 is 1.48. The zero-order chi connectivity index (χ0) is 14.7. The van der Waals surface area contributed by atoms with Crippen LogP contribution < -0.4 is 0 Å². The molecule has 1 aliphatic heterocycles. The summed E-state index contributed by atoms with van der Waals surface area (Å²) in [4.78, 5) is 24.8. The van der Waals surface area contributed by atoms with Crippen LogP contribution in [-0.2, 0) is 9.59 Å². The second-order valence-electron chi connectivity index (χ2n) is 4.78. The molecule has 1 aliphatic rings. The van der Waals surface area contributed by atoms with Gasteiger partial charge in [-0.15, -0.1) is 11.8 Å². The summed E-state index contributed by atoms with van der Waals surface area (Å²) in [6.07, 6.45) is 3.18. The molecule has 2 rings (SSSR count). The molecule has 4 nitrogen and oxygen atoms in total. The van der Waals surface area contributed by atoms with E-state index in [9.17, 15) is 9.59 Å². The SMILES string of the molecule is Cc1cccc(C=CC(=O)N2C(C)SCC2C(=O)O)c1. The lowest BCUT2D eigenvalue weighted by molar-refractivity contribution is -0.147. The Morgan fingerprint density at radius 1 is 1.45 bits per heavy atom. The number of hydrogen-bond acceptors (Lipinski definition) is 3. The Morgan fingerprint density at radius 3 is 2.85 bits per heavy atom. The van der Waals surface area contributed by atoms with E-state index in [0.29, 0.717) is 5.75 Å². The number of amides is 1. The third kappa shape index (κ3) is 3.22. The van der Waals surface area contributed by atoms with E-state index in [4.69, 9.17) is 5.11 Å². The van der Waals surface area contributed by atoms with Crippen LogP contribution in [0.4, 0.5) is 0 Å². The number of carboxylic acids is 1. The first-order valence-corrected chi connectivity index (χ1v) is 7.45. The number of rotatable bonds is 3. The summed E-state index contributed by atoms with van der Waals surface area (Å²) in [5, 5.41) is 9.03. The maximum absolute atomic E-state index is 12.2. The van der Waals surface area contributed by atoms with Gasteiger partial charge in [0, 0.05) is 11.8 Å². The van der Waals surface area contributed by atoms with Crippen molar-refractivity contribution in [1.82, 2.24) is 4.90 Å². The minimum absolute atomic E-state index is 0.106. The van der Waals surface area contributed by atoms with Crippen molar-refractivity contribution in [3.8, 4) is 0 Å². The molecule has 0 radical (unpaired) electrons. The molecule has 2 unspecified atom stereocenters. The molecule has 1 N–H and O–H groups in total. The highest BCUT2D eigenvalue weighted by atomic mass is 32.2. The van der Waals surface area contributed by atoms with E-state index in [0.717, 1.165) is 11.1 Å². The molecule has 1 heterocycles. The molecular weight excluding hydrogens is 274 g/mol. The molecule has 0 saturated carbocycles. The number of nitrogens with zero attached hydrogens (tertiary/aromatic N) is 1. The zero-order valence-corrected chi connectivity index (χ0v) is 12.3. The number of carbonyl (C=O) groups is 2. The lowest BCUT2D eigenvalue weighted by atomic mass is 10.1. The summed E-state index contributed by atoms with van der Waals surface area (Å²) in [7, 11) is 0. The van der Waals surface area contributed by atoms with Crippen LogP contribution in [0.25, 0.3) is 6.08 Å². The molecule has 2 atom stereocenters. The molecule has 5 heteroatoms. The quantitative estimate of drug-likeness (QED) is 0.869. The Kier molecular flexibility index (Phi) is 4.49. The fourth-order valence-electron chi connectivity index (χ4n) is 2.19. The Hall–Kier alpha value is -1.75. The van der Waals surface area contributed by atoms with Crippen molar-refractivity contribution in [2.45, 2.75) is 25.3 Å². The number of thioether (sulfide) groups is 1. The van der Waals surface area contributed by atoms with Gasteiger partial charge in [-0.2, -0.15) is 0 Å². The highest BCUT2D eigenvalue weighted by molar-refractivity contribution is 8.00. The van der Waals surface area contributed by atoms with Gasteiger partial charge in [0.05, 0.1) is 5.37 Å². The van der Waals surface area contributed by atoms with Crippen molar-refractivity contribution in [3.05, 3.63) is 41.5 Å². The van der Waals surface area contributed by atoms with Gasteiger partial charge < -0.3 is 10.0 Å². The molecule has 0 aromatic heterocycles. The zero-order valence-electron chi connectivity index (χ0n) is 11.4. The van der Waals surface area contributed by atoms with Crippen molar-refractivity contribution < 1.29 is 14.7 Å². The first kappa shape index (κ1) is 14.7. The van der Waals surface area contributed by atoms with Crippen LogP contribution >= 0.6 is 11.8 Å². The highest BCUT2D eigenvalue weighted by Gasteiger charge is 2.38. The van der Waals surface area contributed by atoms with E-state index in [1.165, 1.54) is 22.7 Å². The summed E-state index contributed by atoms with van der Waals surface area (Å²) in [5.74, 6) is -0.754. The number of hydrogen-bond donors (Lipinski definition) is 1. The maximum atomic E-state index is 12.2. The fourth-order valence-corrected chi connectivity index (χ4v) is 3.37. The third-order valence-electron chi connectivity index (χ3n) is 3.22. The van der Waals surface area contributed by atoms with Gasteiger partial charge >= 0.3 is 5.97 Å². The number of aryl methyl sites for hydroxylation is 1. The molecule has 106 valence electrons. The topological polar surface area (TPSA) is 57.6 Å². The molecule has 0 spiro atoms. The molecule has 20 heavy (non-hydrogen) atoms. The molecule has 1 saturated heterocycles. The largest absolute Gasteiger partial charge is 0.480 e. The van der Waals surface area contributed by atoms with Crippen molar-refractivity contribution >= 4 is 29.7 Å². The number of carbonyl (C=O) groups excluding carboxylic acids is 1. The molecular formula is C15H17NO3S. The van der Waals surface area contributed by atoms with E-state index < -0.39 is 12.0 Å². The van der Waals surface area contributed by atoms with Crippen LogP contribution in [0.1, 0.15) is 18.1 Å². The molecule has 1 aromatic rings. The maximum Gasteiger partial charge on any atom is 0.327 e. The van der Waals surface area contributed by atoms with Crippen molar-refractivity contribution in [2.24, 2.45) is 0 Å². The lowest BCUT2D eigenvalue weighted by Crippen LogP contribution is -2.43. The average molecular weight is 291 g/mol. The van der Waals surface area contributed by atoms with Gasteiger partial charge in [0.15, 0.2) is 0 Å². The van der Waals surface area contributed by atoms with E-state index >= 15 is 0 Å². The standard InChI is InChI=1S/C15H17NO3S/c1-10-4-3-5-12(8-10)6-7-14(17)16-11(2)20-9-13(16)15(18)19/h3-8,11,13H,9H2,1-2H3,(H,18,19). The number of benzene rings is 1. The monoisotopic (exact) mass is 291 g/mol. The Morgan fingerprint density at radius 2 is 2.20 bits per heavy atom. The van der Waals surface area contributed by atoms with Crippen molar-refractivity contribution in [2.75, 3.05) is 5.75 Å². The Balaban J connectivity index is 2.12.